The molecule has 0 bridgehead atoms. The number of amides is 1. The zero-order chi connectivity index (χ0) is 21.0. The largest absolute Gasteiger partial charge is 0.491 e. The molecule has 154 valence electrons. The van der Waals surface area contributed by atoms with Crippen molar-refractivity contribution in [1.29, 1.82) is 0 Å². The number of hydrogen-bond donors (Lipinski definition) is 2. The molecule has 1 aliphatic rings. The third-order valence-electron chi connectivity index (χ3n) is 5.08. The van der Waals surface area contributed by atoms with Gasteiger partial charge in [-0.1, -0.05) is 5.92 Å². The summed E-state index contributed by atoms with van der Waals surface area (Å²) in [6.45, 7) is 7.27. The van der Waals surface area contributed by atoms with Crippen LogP contribution in [0.5, 0.6) is 5.75 Å². The first-order valence-electron chi connectivity index (χ1n) is 10.00. The number of ether oxygens (including phenoxy) is 1. The fourth-order valence-corrected chi connectivity index (χ4v) is 3.66. The van der Waals surface area contributed by atoms with Crippen LogP contribution in [0.1, 0.15) is 45.2 Å². The number of nitrogens with two attached hydrogens (primary N) is 2. The highest BCUT2D eigenvalue weighted by Crippen LogP contribution is 2.33. The quantitative estimate of drug-likeness (QED) is 0.758. The second kappa shape index (κ2) is 9.01. The molecule has 2 heterocycles. The first-order chi connectivity index (χ1) is 13.9. The molecule has 29 heavy (non-hydrogen) atoms. The Morgan fingerprint density at radius 3 is 2.48 bits per heavy atom. The smallest absolute Gasteiger partial charge is 0.298 e. The molecule has 2 aromatic rings. The Morgan fingerprint density at radius 1 is 1.28 bits per heavy atom. The number of carbonyl (C=O) groups excluding carboxylic acids is 1. The fraction of sp³-hybridized carbons (Fsp3) is 0.455. The van der Waals surface area contributed by atoms with Crippen molar-refractivity contribution in [3.05, 3.63) is 29.8 Å². The van der Waals surface area contributed by atoms with Crippen molar-refractivity contribution in [2.24, 2.45) is 5.73 Å². The first-order valence-corrected chi connectivity index (χ1v) is 10.00. The molecule has 3 rings (SSSR count). The number of nitrogen functional groups attached to an aromatic ring is 1. The molecule has 0 radical (unpaired) electrons. The van der Waals surface area contributed by atoms with Crippen molar-refractivity contribution in [1.82, 2.24) is 14.7 Å². The lowest BCUT2D eigenvalue weighted by molar-refractivity contribution is -0.126. The zero-order valence-electron chi connectivity index (χ0n) is 17.3. The maximum Gasteiger partial charge on any atom is 0.298 e. The average Bonchev–Trinajstić information content (AvgIpc) is 3.04. The van der Waals surface area contributed by atoms with Crippen LogP contribution in [0.4, 0.5) is 5.82 Å². The second-order valence-electron chi connectivity index (χ2n) is 7.45. The lowest BCUT2D eigenvalue weighted by Gasteiger charge is -2.31. The van der Waals surface area contributed by atoms with Gasteiger partial charge in [0.15, 0.2) is 0 Å². The summed E-state index contributed by atoms with van der Waals surface area (Å²) in [5.74, 6) is 6.57. The van der Waals surface area contributed by atoms with Crippen LogP contribution < -0.4 is 16.2 Å². The van der Waals surface area contributed by atoms with E-state index in [1.807, 2.05) is 42.8 Å². The molecule has 7 heteroatoms. The topological polar surface area (TPSA) is 99.4 Å². The summed E-state index contributed by atoms with van der Waals surface area (Å²) in [6.07, 6.45) is 1.69. The maximum atomic E-state index is 12.0. The lowest BCUT2D eigenvalue weighted by atomic mass is 10.0. The van der Waals surface area contributed by atoms with E-state index in [4.69, 9.17) is 21.3 Å². The van der Waals surface area contributed by atoms with Gasteiger partial charge in [0.2, 0.25) is 0 Å². The van der Waals surface area contributed by atoms with E-state index in [9.17, 15) is 4.79 Å². The van der Waals surface area contributed by atoms with E-state index in [1.54, 1.807) is 11.8 Å². The normalized spacial score (nSPS) is 14.6. The number of anilines is 1. The van der Waals surface area contributed by atoms with E-state index < -0.39 is 0 Å². The van der Waals surface area contributed by atoms with Crippen LogP contribution in [0.25, 0.3) is 11.3 Å². The molecule has 4 N–H and O–H groups in total. The number of likely N-dealkylation sites (tertiary alicyclic amines) is 1. The Hall–Kier alpha value is -2.98. The van der Waals surface area contributed by atoms with Gasteiger partial charge in [0, 0.05) is 30.8 Å². The van der Waals surface area contributed by atoms with Gasteiger partial charge >= 0.3 is 0 Å². The minimum Gasteiger partial charge on any atom is -0.491 e. The van der Waals surface area contributed by atoms with Gasteiger partial charge in [0.1, 0.15) is 11.6 Å². The molecule has 7 nitrogen and oxygen atoms in total. The number of hydrogen-bond acceptors (Lipinski definition) is 5. The van der Waals surface area contributed by atoms with Crippen molar-refractivity contribution in [2.45, 2.75) is 52.3 Å². The Balaban J connectivity index is 1.81. The van der Waals surface area contributed by atoms with Gasteiger partial charge in [-0.15, -0.1) is 0 Å². The Labute approximate surface area is 172 Å². The maximum absolute atomic E-state index is 12.0. The molecule has 0 unspecified atom stereocenters. The molecule has 1 aromatic heterocycles. The van der Waals surface area contributed by atoms with E-state index in [-0.39, 0.29) is 18.1 Å². The van der Waals surface area contributed by atoms with Crippen LogP contribution in [-0.4, -0.2) is 39.8 Å². The van der Waals surface area contributed by atoms with Gasteiger partial charge in [-0.3, -0.25) is 4.79 Å². The van der Waals surface area contributed by atoms with Crippen molar-refractivity contribution in [2.75, 3.05) is 18.8 Å². The summed E-state index contributed by atoms with van der Waals surface area (Å²) in [7, 11) is 0. The molecule has 0 atom stereocenters. The summed E-state index contributed by atoms with van der Waals surface area (Å²) in [6, 6.07) is 7.96. The fourth-order valence-electron chi connectivity index (χ4n) is 3.66. The predicted molar refractivity (Wildman–Crippen MR) is 114 cm³/mol. The Kier molecular flexibility index (Phi) is 6.45. The van der Waals surface area contributed by atoms with Crippen LogP contribution in [0.2, 0.25) is 0 Å². The molecule has 1 fully saturated rings. The molecule has 0 saturated carbocycles. The molecule has 1 amide bonds. The zero-order valence-corrected chi connectivity index (χ0v) is 17.3. The van der Waals surface area contributed by atoms with Crippen molar-refractivity contribution < 1.29 is 9.53 Å². The second-order valence-corrected chi connectivity index (χ2v) is 7.45. The SMILES string of the molecule is CC#CC(=O)N1CCC(n2nc(-c3ccc(OC(C)C)cc3)c(CN)c2N)CC1. The summed E-state index contributed by atoms with van der Waals surface area (Å²) < 4.78 is 7.59. The standard InChI is InChI=1S/C22H29N5O2/c1-4-5-20(28)26-12-10-17(11-13-26)27-22(24)19(14-23)21(25-27)16-6-8-18(9-7-16)29-15(2)3/h6-9,15,17H,10-14,23-24H2,1-3H3. The van der Waals surface area contributed by atoms with Crippen LogP contribution in [0, 0.1) is 11.8 Å². The van der Waals surface area contributed by atoms with Crippen LogP contribution >= 0.6 is 0 Å². The van der Waals surface area contributed by atoms with Gasteiger partial charge < -0.3 is 21.1 Å². The van der Waals surface area contributed by atoms with Crippen molar-refractivity contribution in [3.8, 4) is 28.8 Å². The Bertz CT molecular complexity index is 913. The molecule has 0 spiro atoms. The number of rotatable bonds is 5. The van der Waals surface area contributed by atoms with Crippen LogP contribution in [-0.2, 0) is 11.3 Å². The van der Waals surface area contributed by atoms with E-state index in [0.717, 1.165) is 35.4 Å². The minimum absolute atomic E-state index is 0.119. The van der Waals surface area contributed by atoms with Gasteiger partial charge in [-0.2, -0.15) is 5.10 Å². The van der Waals surface area contributed by atoms with E-state index >= 15 is 0 Å². The third-order valence-corrected chi connectivity index (χ3v) is 5.08. The molecular formula is C22H29N5O2. The molecular weight excluding hydrogens is 366 g/mol. The highest BCUT2D eigenvalue weighted by molar-refractivity contribution is 5.93. The van der Waals surface area contributed by atoms with E-state index in [0.29, 0.717) is 25.5 Å². The van der Waals surface area contributed by atoms with E-state index in [1.165, 1.54) is 0 Å². The third kappa shape index (κ3) is 4.54. The number of piperidine rings is 1. The minimum atomic E-state index is -0.119. The summed E-state index contributed by atoms with van der Waals surface area (Å²) in [4.78, 5) is 13.8. The number of nitrogens with zero attached hydrogens (tertiary/aromatic N) is 3. The molecule has 1 aromatic carbocycles. The van der Waals surface area contributed by atoms with Gasteiger partial charge in [0.25, 0.3) is 5.91 Å². The van der Waals surface area contributed by atoms with Crippen molar-refractivity contribution in [3.63, 3.8) is 0 Å². The highest BCUT2D eigenvalue weighted by Gasteiger charge is 2.27. The average molecular weight is 396 g/mol. The van der Waals surface area contributed by atoms with Crippen molar-refractivity contribution >= 4 is 11.7 Å². The van der Waals surface area contributed by atoms with Gasteiger partial charge in [-0.25, -0.2) is 4.68 Å². The van der Waals surface area contributed by atoms with E-state index in [2.05, 4.69) is 11.8 Å². The van der Waals surface area contributed by atoms with Gasteiger partial charge in [0.05, 0.1) is 17.8 Å². The molecule has 0 aliphatic carbocycles. The number of benzene rings is 1. The predicted octanol–water partition coefficient (Wildman–Crippen LogP) is 2.57. The van der Waals surface area contributed by atoms with Gasteiger partial charge in [-0.05, 0) is 63.8 Å². The first kappa shape index (κ1) is 20.7. The number of aromatic nitrogens is 2. The lowest BCUT2D eigenvalue weighted by Crippen LogP contribution is -2.38. The summed E-state index contributed by atoms with van der Waals surface area (Å²) in [5, 5.41) is 4.81. The Morgan fingerprint density at radius 2 is 1.93 bits per heavy atom. The number of carbonyl (C=O) groups is 1. The molecule has 1 aliphatic heterocycles. The summed E-state index contributed by atoms with van der Waals surface area (Å²) in [5.41, 5.74) is 15.0. The van der Waals surface area contributed by atoms with Crippen LogP contribution in [0.3, 0.4) is 0 Å². The highest BCUT2D eigenvalue weighted by atomic mass is 16.5. The molecule has 1 saturated heterocycles. The monoisotopic (exact) mass is 395 g/mol. The summed E-state index contributed by atoms with van der Waals surface area (Å²) >= 11 is 0. The van der Waals surface area contributed by atoms with Crippen LogP contribution in [0.15, 0.2) is 24.3 Å².